The molecule has 25 heavy (non-hydrogen) atoms. The molecular formula is C19H19N5O. The molecule has 0 aliphatic heterocycles. The lowest BCUT2D eigenvalue weighted by atomic mass is 10.1. The summed E-state index contributed by atoms with van der Waals surface area (Å²) in [5.74, 6) is 0.374. The molecule has 0 aliphatic rings. The highest BCUT2D eigenvalue weighted by Crippen LogP contribution is 2.12. The second-order valence-electron chi connectivity index (χ2n) is 5.88. The van der Waals surface area contributed by atoms with Crippen LogP contribution in [0.25, 0.3) is 11.4 Å². The molecule has 1 N–H and O–H groups in total. The molecule has 0 spiro atoms. The van der Waals surface area contributed by atoms with Crippen LogP contribution in [-0.2, 0) is 6.42 Å². The van der Waals surface area contributed by atoms with Gasteiger partial charge in [-0.3, -0.25) is 14.8 Å². The van der Waals surface area contributed by atoms with Crippen LogP contribution in [0, 0.1) is 6.92 Å². The predicted octanol–water partition coefficient (Wildman–Crippen LogP) is 2.60. The number of nitrogens with one attached hydrogen (secondary N) is 1. The number of amides is 1. The molecule has 0 aromatic carbocycles. The summed E-state index contributed by atoms with van der Waals surface area (Å²) in [7, 11) is 0. The molecule has 1 amide bonds. The molecule has 0 radical (unpaired) electrons. The van der Waals surface area contributed by atoms with E-state index >= 15 is 0 Å². The Morgan fingerprint density at radius 1 is 1.08 bits per heavy atom. The number of nitrogens with zero attached hydrogens (tertiary/aromatic N) is 4. The highest BCUT2D eigenvalue weighted by atomic mass is 16.1. The summed E-state index contributed by atoms with van der Waals surface area (Å²) in [5.41, 5.74) is 3.40. The van der Waals surface area contributed by atoms with Gasteiger partial charge in [0.1, 0.15) is 0 Å². The maximum absolute atomic E-state index is 12.4. The molecule has 1 unspecified atom stereocenters. The smallest absolute Gasteiger partial charge is 0.254 e. The lowest BCUT2D eigenvalue weighted by molar-refractivity contribution is 0.0939. The standard InChI is InChI=1S/C19H19N5O/c1-13-4-3-7-21-17(13)10-14(2)24-19(25)16-11-22-18(23-12-16)15-5-8-20-9-6-15/h3-9,11-12,14H,10H2,1-2H3,(H,24,25). The van der Waals surface area contributed by atoms with Crippen molar-refractivity contribution in [2.24, 2.45) is 0 Å². The van der Waals surface area contributed by atoms with Gasteiger partial charge in [-0.1, -0.05) is 6.07 Å². The van der Waals surface area contributed by atoms with E-state index in [0.29, 0.717) is 17.8 Å². The molecule has 0 bridgehead atoms. The van der Waals surface area contributed by atoms with E-state index in [1.54, 1.807) is 18.6 Å². The van der Waals surface area contributed by atoms with Gasteiger partial charge in [0.2, 0.25) is 0 Å². The summed E-state index contributed by atoms with van der Waals surface area (Å²) in [6.07, 6.45) is 8.88. The molecule has 6 nitrogen and oxygen atoms in total. The molecule has 3 aromatic rings. The van der Waals surface area contributed by atoms with Gasteiger partial charge in [-0.15, -0.1) is 0 Å². The zero-order valence-corrected chi connectivity index (χ0v) is 14.2. The number of rotatable bonds is 5. The monoisotopic (exact) mass is 333 g/mol. The summed E-state index contributed by atoms with van der Waals surface area (Å²) in [6.45, 7) is 3.97. The Morgan fingerprint density at radius 3 is 2.48 bits per heavy atom. The van der Waals surface area contributed by atoms with E-state index in [0.717, 1.165) is 16.8 Å². The molecule has 0 saturated carbocycles. The van der Waals surface area contributed by atoms with Crippen molar-refractivity contribution >= 4 is 5.91 Å². The van der Waals surface area contributed by atoms with Gasteiger partial charge in [0.25, 0.3) is 5.91 Å². The van der Waals surface area contributed by atoms with Gasteiger partial charge in [-0.25, -0.2) is 9.97 Å². The van der Waals surface area contributed by atoms with Crippen molar-refractivity contribution in [3.63, 3.8) is 0 Å². The fourth-order valence-electron chi connectivity index (χ4n) is 2.48. The summed E-state index contributed by atoms with van der Waals surface area (Å²) >= 11 is 0. The van der Waals surface area contributed by atoms with Gasteiger partial charge in [0, 0.05) is 54.7 Å². The first-order valence-corrected chi connectivity index (χ1v) is 8.07. The number of carbonyl (C=O) groups excluding carboxylic acids is 1. The van der Waals surface area contributed by atoms with Crippen molar-refractivity contribution in [3.8, 4) is 11.4 Å². The van der Waals surface area contributed by atoms with E-state index < -0.39 is 0 Å². The molecule has 3 heterocycles. The Balaban J connectivity index is 1.64. The Kier molecular flexibility index (Phi) is 5.09. The second-order valence-corrected chi connectivity index (χ2v) is 5.88. The van der Waals surface area contributed by atoms with Crippen LogP contribution in [-0.4, -0.2) is 31.9 Å². The first-order valence-electron chi connectivity index (χ1n) is 8.07. The number of pyridine rings is 2. The zero-order chi connectivity index (χ0) is 17.6. The number of aryl methyl sites for hydroxylation is 1. The third kappa shape index (κ3) is 4.23. The largest absolute Gasteiger partial charge is 0.349 e. The van der Waals surface area contributed by atoms with E-state index in [2.05, 4.69) is 25.3 Å². The molecule has 0 fully saturated rings. The first-order chi connectivity index (χ1) is 12.1. The second kappa shape index (κ2) is 7.61. The van der Waals surface area contributed by atoms with E-state index in [-0.39, 0.29) is 11.9 Å². The minimum atomic E-state index is -0.192. The van der Waals surface area contributed by atoms with Gasteiger partial charge in [0.05, 0.1) is 5.56 Å². The van der Waals surface area contributed by atoms with Crippen molar-refractivity contribution < 1.29 is 4.79 Å². The SMILES string of the molecule is Cc1cccnc1CC(C)NC(=O)c1cnc(-c2ccncc2)nc1. The third-order valence-corrected chi connectivity index (χ3v) is 3.85. The average molecular weight is 333 g/mol. The number of aromatic nitrogens is 4. The Bertz CT molecular complexity index is 849. The van der Waals surface area contributed by atoms with Crippen molar-refractivity contribution in [1.82, 2.24) is 25.3 Å². The normalized spacial score (nSPS) is 11.8. The predicted molar refractivity (Wildman–Crippen MR) is 94.9 cm³/mol. The van der Waals surface area contributed by atoms with Gasteiger partial charge < -0.3 is 5.32 Å². The Labute approximate surface area is 146 Å². The van der Waals surface area contributed by atoms with Crippen LogP contribution in [0.5, 0.6) is 0 Å². The van der Waals surface area contributed by atoms with Crippen LogP contribution in [0.2, 0.25) is 0 Å². The minimum absolute atomic E-state index is 0.0408. The van der Waals surface area contributed by atoms with Gasteiger partial charge in [0.15, 0.2) is 5.82 Å². The van der Waals surface area contributed by atoms with Crippen molar-refractivity contribution in [2.45, 2.75) is 26.3 Å². The highest BCUT2D eigenvalue weighted by molar-refractivity contribution is 5.93. The maximum atomic E-state index is 12.4. The van der Waals surface area contributed by atoms with Crippen LogP contribution in [0.4, 0.5) is 0 Å². The van der Waals surface area contributed by atoms with Crippen molar-refractivity contribution in [3.05, 3.63) is 72.1 Å². The Hall–Kier alpha value is -3.15. The lowest BCUT2D eigenvalue weighted by Gasteiger charge is -2.14. The molecule has 126 valence electrons. The highest BCUT2D eigenvalue weighted by Gasteiger charge is 2.13. The summed E-state index contributed by atoms with van der Waals surface area (Å²) in [5, 5.41) is 2.96. The number of carbonyl (C=O) groups is 1. The van der Waals surface area contributed by atoms with Crippen LogP contribution >= 0.6 is 0 Å². The van der Waals surface area contributed by atoms with E-state index in [9.17, 15) is 4.79 Å². The molecule has 6 heteroatoms. The number of hydrogen-bond acceptors (Lipinski definition) is 5. The Morgan fingerprint density at radius 2 is 1.80 bits per heavy atom. The summed E-state index contributed by atoms with van der Waals surface area (Å²) < 4.78 is 0. The van der Waals surface area contributed by atoms with Crippen LogP contribution < -0.4 is 5.32 Å². The van der Waals surface area contributed by atoms with E-state index in [4.69, 9.17) is 0 Å². The molecule has 3 rings (SSSR count). The van der Waals surface area contributed by atoms with Gasteiger partial charge in [-0.2, -0.15) is 0 Å². The van der Waals surface area contributed by atoms with Gasteiger partial charge >= 0.3 is 0 Å². The molecular weight excluding hydrogens is 314 g/mol. The van der Waals surface area contributed by atoms with Crippen molar-refractivity contribution in [2.75, 3.05) is 0 Å². The zero-order valence-electron chi connectivity index (χ0n) is 14.2. The molecule has 1 atom stereocenters. The molecule has 3 aromatic heterocycles. The topological polar surface area (TPSA) is 80.7 Å². The third-order valence-electron chi connectivity index (χ3n) is 3.85. The maximum Gasteiger partial charge on any atom is 0.254 e. The number of hydrogen-bond donors (Lipinski definition) is 1. The van der Waals surface area contributed by atoms with Crippen molar-refractivity contribution in [1.29, 1.82) is 0 Å². The molecule has 0 aliphatic carbocycles. The average Bonchev–Trinajstić information content (AvgIpc) is 2.64. The first kappa shape index (κ1) is 16.7. The fourth-order valence-corrected chi connectivity index (χ4v) is 2.48. The van der Waals surface area contributed by atoms with E-state index in [1.807, 2.05) is 38.1 Å². The fraction of sp³-hybridized carbons (Fsp3) is 0.211. The lowest BCUT2D eigenvalue weighted by Crippen LogP contribution is -2.34. The van der Waals surface area contributed by atoms with Crippen LogP contribution in [0.1, 0.15) is 28.5 Å². The minimum Gasteiger partial charge on any atom is -0.349 e. The van der Waals surface area contributed by atoms with Crippen LogP contribution in [0.3, 0.4) is 0 Å². The van der Waals surface area contributed by atoms with Gasteiger partial charge in [-0.05, 0) is 37.6 Å². The summed E-state index contributed by atoms with van der Waals surface area (Å²) in [6, 6.07) is 7.53. The summed E-state index contributed by atoms with van der Waals surface area (Å²) in [4.78, 5) is 29.2. The van der Waals surface area contributed by atoms with E-state index in [1.165, 1.54) is 12.4 Å². The quantitative estimate of drug-likeness (QED) is 0.776. The van der Waals surface area contributed by atoms with Crippen LogP contribution in [0.15, 0.2) is 55.2 Å². The molecule has 0 saturated heterocycles.